The Morgan fingerprint density at radius 3 is 2.87 bits per heavy atom. The smallest absolute Gasteiger partial charge is 0.317 e. The number of urea groups is 1. The van der Waals surface area contributed by atoms with Crippen LogP contribution in [-0.4, -0.2) is 40.1 Å². The fourth-order valence-corrected chi connectivity index (χ4v) is 3.21. The standard InChI is InChI=1S/C17H21N3O3/c1-11-6-13(16(21)22)10-20(9-11)17(23)18-8-14-7-12-4-2-3-5-15(12)19-14/h2-5,7,11,13,19H,6,8-10H2,1H3,(H,18,23)(H,21,22). The lowest BCUT2D eigenvalue weighted by Crippen LogP contribution is -2.49. The van der Waals surface area contributed by atoms with E-state index in [-0.39, 0.29) is 18.5 Å². The van der Waals surface area contributed by atoms with Gasteiger partial charge in [0.25, 0.3) is 0 Å². The quantitative estimate of drug-likeness (QED) is 0.813. The zero-order chi connectivity index (χ0) is 16.4. The van der Waals surface area contributed by atoms with Gasteiger partial charge < -0.3 is 20.3 Å². The molecule has 0 spiro atoms. The van der Waals surface area contributed by atoms with Gasteiger partial charge in [-0.25, -0.2) is 4.79 Å². The number of piperidine rings is 1. The highest BCUT2D eigenvalue weighted by atomic mass is 16.4. The first-order chi connectivity index (χ1) is 11.0. The molecule has 1 aromatic heterocycles. The van der Waals surface area contributed by atoms with Crippen LogP contribution in [0.25, 0.3) is 10.9 Å². The van der Waals surface area contributed by atoms with Crippen LogP contribution in [0, 0.1) is 11.8 Å². The highest BCUT2D eigenvalue weighted by Gasteiger charge is 2.31. The Labute approximate surface area is 134 Å². The van der Waals surface area contributed by atoms with Crippen molar-refractivity contribution < 1.29 is 14.7 Å². The molecule has 6 heteroatoms. The van der Waals surface area contributed by atoms with Crippen LogP contribution in [0.15, 0.2) is 30.3 Å². The van der Waals surface area contributed by atoms with Crippen molar-refractivity contribution in [1.82, 2.24) is 15.2 Å². The SMILES string of the molecule is CC1CC(C(=O)O)CN(C(=O)NCc2cc3ccccc3[nH]2)C1. The van der Waals surface area contributed by atoms with Crippen molar-refractivity contribution in [1.29, 1.82) is 0 Å². The summed E-state index contributed by atoms with van der Waals surface area (Å²) in [6, 6.07) is 9.74. The Hall–Kier alpha value is -2.50. The highest BCUT2D eigenvalue weighted by molar-refractivity contribution is 5.80. The topological polar surface area (TPSA) is 85.4 Å². The number of nitrogens with zero attached hydrogens (tertiary/aromatic N) is 1. The molecule has 1 aliphatic rings. The molecule has 0 aliphatic carbocycles. The number of H-pyrrole nitrogens is 1. The molecule has 0 radical (unpaired) electrons. The second kappa shape index (κ2) is 6.32. The summed E-state index contributed by atoms with van der Waals surface area (Å²) in [6.45, 7) is 3.25. The molecule has 2 heterocycles. The van der Waals surface area contributed by atoms with Crippen molar-refractivity contribution in [3.63, 3.8) is 0 Å². The summed E-state index contributed by atoms with van der Waals surface area (Å²) in [6.07, 6.45) is 0.626. The maximum absolute atomic E-state index is 12.3. The Morgan fingerprint density at radius 2 is 2.13 bits per heavy atom. The number of likely N-dealkylation sites (tertiary alicyclic amines) is 1. The van der Waals surface area contributed by atoms with E-state index < -0.39 is 11.9 Å². The number of carboxylic acids is 1. The van der Waals surface area contributed by atoms with Gasteiger partial charge in [0.1, 0.15) is 0 Å². The molecule has 2 atom stereocenters. The van der Waals surface area contributed by atoms with Crippen LogP contribution in [-0.2, 0) is 11.3 Å². The molecule has 0 saturated carbocycles. The number of hydrogen-bond acceptors (Lipinski definition) is 2. The fraction of sp³-hybridized carbons (Fsp3) is 0.412. The van der Waals surface area contributed by atoms with E-state index in [9.17, 15) is 14.7 Å². The largest absolute Gasteiger partial charge is 0.481 e. The van der Waals surface area contributed by atoms with E-state index in [4.69, 9.17) is 0 Å². The third kappa shape index (κ3) is 3.47. The molecular weight excluding hydrogens is 294 g/mol. The number of benzene rings is 1. The van der Waals surface area contributed by atoms with Crippen molar-refractivity contribution >= 4 is 22.9 Å². The number of carbonyl (C=O) groups is 2. The molecule has 3 rings (SSSR count). The van der Waals surface area contributed by atoms with Gasteiger partial charge in [0.15, 0.2) is 0 Å². The molecule has 2 unspecified atom stereocenters. The molecule has 23 heavy (non-hydrogen) atoms. The van der Waals surface area contributed by atoms with Crippen LogP contribution in [0.1, 0.15) is 19.0 Å². The molecule has 0 bridgehead atoms. The van der Waals surface area contributed by atoms with Gasteiger partial charge >= 0.3 is 12.0 Å². The molecule has 1 saturated heterocycles. The van der Waals surface area contributed by atoms with E-state index in [0.29, 0.717) is 19.5 Å². The van der Waals surface area contributed by atoms with Crippen molar-refractivity contribution in [2.45, 2.75) is 19.9 Å². The van der Waals surface area contributed by atoms with Crippen LogP contribution in [0.4, 0.5) is 4.79 Å². The number of carbonyl (C=O) groups excluding carboxylic acids is 1. The molecule has 1 aromatic carbocycles. The van der Waals surface area contributed by atoms with Crippen LogP contribution in [0.3, 0.4) is 0 Å². The van der Waals surface area contributed by atoms with Crippen LogP contribution in [0.5, 0.6) is 0 Å². The average molecular weight is 315 g/mol. The number of aromatic nitrogens is 1. The second-order valence-electron chi connectivity index (χ2n) is 6.32. The van der Waals surface area contributed by atoms with Crippen molar-refractivity contribution in [2.75, 3.05) is 13.1 Å². The van der Waals surface area contributed by atoms with Gasteiger partial charge in [-0.2, -0.15) is 0 Å². The minimum atomic E-state index is -0.829. The lowest BCUT2D eigenvalue weighted by molar-refractivity contribution is -0.143. The van der Waals surface area contributed by atoms with Crippen LogP contribution < -0.4 is 5.32 Å². The number of hydrogen-bond donors (Lipinski definition) is 3. The van der Waals surface area contributed by atoms with Gasteiger partial charge in [-0.3, -0.25) is 4.79 Å². The minimum Gasteiger partial charge on any atom is -0.481 e. The summed E-state index contributed by atoms with van der Waals surface area (Å²) >= 11 is 0. The second-order valence-corrected chi connectivity index (χ2v) is 6.32. The summed E-state index contributed by atoms with van der Waals surface area (Å²) in [7, 11) is 0. The summed E-state index contributed by atoms with van der Waals surface area (Å²) in [5, 5.41) is 13.2. The number of rotatable bonds is 3. The van der Waals surface area contributed by atoms with E-state index in [1.54, 1.807) is 4.90 Å². The fourth-order valence-electron chi connectivity index (χ4n) is 3.21. The Kier molecular flexibility index (Phi) is 4.23. The molecule has 1 fully saturated rings. The molecular formula is C17H21N3O3. The zero-order valence-corrected chi connectivity index (χ0v) is 13.1. The Morgan fingerprint density at radius 1 is 1.35 bits per heavy atom. The number of aliphatic carboxylic acids is 1. The lowest BCUT2D eigenvalue weighted by Gasteiger charge is -2.34. The molecule has 122 valence electrons. The minimum absolute atomic E-state index is 0.198. The maximum atomic E-state index is 12.3. The average Bonchev–Trinajstić information content (AvgIpc) is 2.94. The summed E-state index contributed by atoms with van der Waals surface area (Å²) in [4.78, 5) is 28.4. The predicted octanol–water partition coefficient (Wildman–Crippen LogP) is 2.42. The number of aromatic amines is 1. The van der Waals surface area contributed by atoms with Gasteiger partial charge in [0.2, 0.25) is 0 Å². The van der Waals surface area contributed by atoms with E-state index in [1.807, 2.05) is 37.3 Å². The third-order valence-electron chi connectivity index (χ3n) is 4.31. The van der Waals surface area contributed by atoms with Gasteiger partial charge in [0.05, 0.1) is 12.5 Å². The first-order valence-electron chi connectivity index (χ1n) is 7.85. The summed E-state index contributed by atoms with van der Waals surface area (Å²) < 4.78 is 0. The number of nitrogens with one attached hydrogen (secondary N) is 2. The molecule has 6 nitrogen and oxygen atoms in total. The summed E-state index contributed by atoms with van der Waals surface area (Å²) in [5.74, 6) is -1.11. The van der Waals surface area contributed by atoms with E-state index in [2.05, 4.69) is 10.3 Å². The molecule has 3 N–H and O–H groups in total. The number of carboxylic acid groups (broad SMARTS) is 1. The zero-order valence-electron chi connectivity index (χ0n) is 13.1. The molecule has 2 aromatic rings. The normalized spacial score (nSPS) is 21.3. The molecule has 1 aliphatic heterocycles. The first kappa shape index (κ1) is 15.4. The van der Waals surface area contributed by atoms with Crippen LogP contribution in [0.2, 0.25) is 0 Å². The van der Waals surface area contributed by atoms with Gasteiger partial charge in [-0.15, -0.1) is 0 Å². The summed E-state index contributed by atoms with van der Waals surface area (Å²) in [5.41, 5.74) is 1.97. The number of fused-ring (bicyclic) bond motifs is 1. The van der Waals surface area contributed by atoms with Gasteiger partial charge in [0, 0.05) is 24.3 Å². The van der Waals surface area contributed by atoms with E-state index in [0.717, 1.165) is 16.6 Å². The monoisotopic (exact) mass is 315 g/mol. The van der Waals surface area contributed by atoms with Crippen molar-refractivity contribution in [3.05, 3.63) is 36.0 Å². The third-order valence-corrected chi connectivity index (χ3v) is 4.31. The van der Waals surface area contributed by atoms with Crippen LogP contribution >= 0.6 is 0 Å². The lowest BCUT2D eigenvalue weighted by atomic mass is 9.91. The predicted molar refractivity (Wildman–Crippen MR) is 87.0 cm³/mol. The Bertz CT molecular complexity index is 692. The van der Waals surface area contributed by atoms with E-state index >= 15 is 0 Å². The maximum Gasteiger partial charge on any atom is 0.317 e. The van der Waals surface area contributed by atoms with Crippen molar-refractivity contribution in [2.24, 2.45) is 11.8 Å². The Balaban J connectivity index is 1.61. The van der Waals surface area contributed by atoms with E-state index in [1.165, 1.54) is 0 Å². The first-order valence-corrected chi connectivity index (χ1v) is 7.85. The van der Waals surface area contributed by atoms with Crippen molar-refractivity contribution in [3.8, 4) is 0 Å². The number of para-hydroxylation sites is 1. The number of amides is 2. The van der Waals surface area contributed by atoms with Gasteiger partial charge in [-0.1, -0.05) is 25.1 Å². The highest BCUT2D eigenvalue weighted by Crippen LogP contribution is 2.22. The molecule has 2 amide bonds. The van der Waals surface area contributed by atoms with Gasteiger partial charge in [-0.05, 0) is 29.9 Å².